The SMILES string of the molecule is CCCC1=Cc2c(-c3ccccc3)cccc2[CH]1[Zr]([Cl])([Cl])([c]1c(C(C)(C)C)ccc2c1Cc1cc(C(C)(C)C)ccc1-2)[SiH](C)C. The molecule has 1 atom stereocenters. The molecule has 0 amide bonds. The Kier molecular flexibility index (Phi) is 8.47. The predicted octanol–water partition coefficient (Wildman–Crippen LogP) is 12.1. The van der Waals surface area contributed by atoms with Crippen molar-refractivity contribution in [3.63, 3.8) is 0 Å². The molecule has 0 saturated carbocycles. The van der Waals surface area contributed by atoms with Crippen LogP contribution in [0.1, 0.15) is 98.3 Å². The van der Waals surface area contributed by atoms with Crippen LogP contribution in [-0.4, -0.2) is 5.92 Å². The van der Waals surface area contributed by atoms with Crippen LogP contribution in [0.15, 0.2) is 84.4 Å². The summed E-state index contributed by atoms with van der Waals surface area (Å²) in [6.07, 6.45) is 5.50. The van der Waals surface area contributed by atoms with E-state index in [9.17, 15) is 0 Å². The Balaban J connectivity index is 1.66. The number of hydrogen-bond acceptors (Lipinski definition) is 0. The van der Waals surface area contributed by atoms with E-state index in [1.165, 1.54) is 64.5 Å². The maximum atomic E-state index is 8.76. The standard InChI is InChI=1S/C21H25.C18H17.C2H7Si.2ClH.Zr/c1-20(2,3)16-7-9-18-14(12-16)11-15-13-17(21(4,5)6)8-10-19(15)18;1-2-7-14-12-16-10-6-11-17(18(16)13-14)15-8-4-3-5-9-15;1-3-2;;;/h7-10,12H,11H2,1-6H3;3-6,8-13H,2,7H2,1H3;3H,1-2H3;2*1H;/q;;;;;+2/p-2. The van der Waals surface area contributed by atoms with E-state index in [0.29, 0.717) is 0 Å². The summed E-state index contributed by atoms with van der Waals surface area (Å²) < 4.78 is 1.48. The van der Waals surface area contributed by atoms with Crippen molar-refractivity contribution in [1.29, 1.82) is 0 Å². The molecule has 45 heavy (non-hydrogen) atoms. The Morgan fingerprint density at radius 3 is 2.09 bits per heavy atom. The van der Waals surface area contributed by atoms with Gasteiger partial charge in [-0.3, -0.25) is 0 Å². The van der Waals surface area contributed by atoms with E-state index in [-0.39, 0.29) is 14.5 Å². The molecule has 2 aliphatic rings. The van der Waals surface area contributed by atoms with Gasteiger partial charge in [-0.05, 0) is 0 Å². The number of hydrogen-bond donors (Lipinski definition) is 0. The van der Waals surface area contributed by atoms with Crippen molar-refractivity contribution in [2.45, 2.75) is 95.3 Å². The van der Waals surface area contributed by atoms with Crippen molar-refractivity contribution < 1.29 is 15.6 Å². The van der Waals surface area contributed by atoms with E-state index >= 15 is 0 Å². The molecule has 235 valence electrons. The van der Waals surface area contributed by atoms with E-state index in [1.54, 1.807) is 0 Å². The molecule has 0 bridgehead atoms. The normalized spacial score (nSPS) is 17.0. The van der Waals surface area contributed by atoms with Crippen molar-refractivity contribution in [2.75, 3.05) is 0 Å². The van der Waals surface area contributed by atoms with Gasteiger partial charge < -0.3 is 0 Å². The van der Waals surface area contributed by atoms with Crippen LogP contribution in [0, 0.1) is 0 Å². The Morgan fingerprint density at radius 2 is 1.47 bits per heavy atom. The molecular formula is C41H49Cl2SiZr. The van der Waals surface area contributed by atoms with Crippen LogP contribution in [0.5, 0.6) is 0 Å². The van der Waals surface area contributed by atoms with E-state index < -0.39 is 21.5 Å². The quantitative estimate of drug-likeness (QED) is 0.153. The minimum absolute atomic E-state index is 0.0835. The molecule has 0 aromatic heterocycles. The molecule has 1 unspecified atom stereocenters. The minimum atomic E-state index is -4.96. The molecule has 6 rings (SSSR count). The first-order valence-corrected chi connectivity index (χ1v) is 33.0. The fourth-order valence-electron chi connectivity index (χ4n) is 8.14. The molecule has 0 fully saturated rings. The predicted molar refractivity (Wildman–Crippen MR) is 200 cm³/mol. The van der Waals surface area contributed by atoms with Gasteiger partial charge in [0.15, 0.2) is 0 Å². The molecule has 0 nitrogen and oxygen atoms in total. The van der Waals surface area contributed by atoms with Crippen LogP contribution in [0.3, 0.4) is 0 Å². The van der Waals surface area contributed by atoms with E-state index in [1.807, 2.05) is 0 Å². The fourth-order valence-corrected chi connectivity index (χ4v) is 37.8. The fraction of sp³-hybridized carbons (Fsp3) is 0.366. The molecule has 2 aliphatic carbocycles. The van der Waals surface area contributed by atoms with Crippen LogP contribution in [0.25, 0.3) is 28.3 Å². The van der Waals surface area contributed by atoms with Crippen LogP contribution in [0.4, 0.5) is 0 Å². The van der Waals surface area contributed by atoms with Gasteiger partial charge in [-0.2, -0.15) is 0 Å². The second kappa shape index (κ2) is 11.5. The molecule has 4 aromatic carbocycles. The summed E-state index contributed by atoms with van der Waals surface area (Å²) in [6, 6.07) is 29.6. The average Bonchev–Trinajstić information content (AvgIpc) is 3.54. The van der Waals surface area contributed by atoms with Gasteiger partial charge in [0, 0.05) is 0 Å². The Morgan fingerprint density at radius 1 is 0.778 bits per heavy atom. The van der Waals surface area contributed by atoms with Crippen molar-refractivity contribution in [2.24, 2.45) is 0 Å². The molecular weight excluding hydrogens is 683 g/mol. The van der Waals surface area contributed by atoms with Gasteiger partial charge in [-0.1, -0.05) is 0 Å². The van der Waals surface area contributed by atoms with Crippen LogP contribution < -0.4 is 3.27 Å². The summed E-state index contributed by atoms with van der Waals surface area (Å²) >= 11 is -4.96. The first-order chi connectivity index (χ1) is 21.1. The van der Waals surface area contributed by atoms with Gasteiger partial charge in [0.1, 0.15) is 0 Å². The summed E-state index contributed by atoms with van der Waals surface area (Å²) in [5.74, 6) is -1.68. The molecule has 0 N–H and O–H groups in total. The zero-order valence-corrected chi connectivity index (χ0v) is 33.7. The summed E-state index contributed by atoms with van der Waals surface area (Å²) in [4.78, 5) is 0. The van der Waals surface area contributed by atoms with Gasteiger partial charge in [-0.25, -0.2) is 0 Å². The summed E-state index contributed by atoms with van der Waals surface area (Å²) in [5, 5.41) is 0. The second-order valence-corrected chi connectivity index (χ2v) is 57.3. The molecule has 0 heterocycles. The summed E-state index contributed by atoms with van der Waals surface area (Å²) in [7, 11) is 17.5. The van der Waals surface area contributed by atoms with Crippen molar-refractivity contribution in [1.82, 2.24) is 0 Å². The van der Waals surface area contributed by atoms with Gasteiger partial charge >= 0.3 is 283 Å². The Labute approximate surface area is 281 Å². The van der Waals surface area contributed by atoms with Gasteiger partial charge in [0.2, 0.25) is 0 Å². The first-order valence-electron chi connectivity index (χ1n) is 16.8. The number of allylic oxidation sites excluding steroid dienone is 1. The van der Waals surface area contributed by atoms with E-state index in [4.69, 9.17) is 17.0 Å². The van der Waals surface area contributed by atoms with Crippen LogP contribution in [0.2, 0.25) is 13.1 Å². The first kappa shape index (κ1) is 33.2. The monoisotopic (exact) mass is 729 g/mol. The third kappa shape index (κ3) is 5.35. The zero-order valence-electron chi connectivity index (χ0n) is 28.6. The number of benzene rings is 4. The molecule has 0 radical (unpaired) electrons. The van der Waals surface area contributed by atoms with Crippen LogP contribution in [-0.2, 0) is 32.8 Å². The molecule has 4 heteroatoms. The van der Waals surface area contributed by atoms with Crippen molar-refractivity contribution in [3.8, 4) is 22.3 Å². The van der Waals surface area contributed by atoms with Crippen molar-refractivity contribution >= 4 is 32.3 Å². The third-order valence-corrected chi connectivity index (χ3v) is 60.3. The van der Waals surface area contributed by atoms with Crippen molar-refractivity contribution in [3.05, 3.63) is 118 Å². The number of rotatable bonds is 6. The zero-order chi connectivity index (χ0) is 32.6. The second-order valence-electron chi connectivity index (χ2n) is 15.9. The maximum absolute atomic E-state index is 8.76. The van der Waals surface area contributed by atoms with E-state index in [0.717, 1.165) is 19.3 Å². The molecule has 0 spiro atoms. The Hall–Kier alpha value is -1.70. The van der Waals surface area contributed by atoms with Gasteiger partial charge in [-0.15, -0.1) is 0 Å². The molecule has 0 saturated heterocycles. The molecule has 4 aromatic rings. The summed E-state index contributed by atoms with van der Waals surface area (Å²) in [6.45, 7) is 21.2. The third-order valence-electron chi connectivity index (χ3n) is 10.6. The average molecular weight is 732 g/mol. The number of halogens is 2. The van der Waals surface area contributed by atoms with Gasteiger partial charge in [0.05, 0.1) is 0 Å². The van der Waals surface area contributed by atoms with Gasteiger partial charge in [0.25, 0.3) is 0 Å². The van der Waals surface area contributed by atoms with Crippen LogP contribution >= 0.6 is 17.0 Å². The summed E-state index contributed by atoms with van der Waals surface area (Å²) in [5.41, 5.74) is 15.0. The topological polar surface area (TPSA) is 0 Å². The van der Waals surface area contributed by atoms with E-state index in [2.05, 4.69) is 146 Å². The Bertz CT molecular complexity index is 1820. The number of fused-ring (bicyclic) bond motifs is 4. The molecule has 0 aliphatic heterocycles.